The number of aliphatic imine (C=N–C) groups is 1. The van der Waals surface area contributed by atoms with Gasteiger partial charge in [0.2, 0.25) is 22.9 Å². The first-order chi connectivity index (χ1) is 32.1. The van der Waals surface area contributed by atoms with Gasteiger partial charge >= 0.3 is 0 Å². The molecule has 1 amide bonds. The van der Waals surface area contributed by atoms with Crippen LogP contribution in [0.25, 0.3) is 55.8 Å². The first-order valence-corrected chi connectivity index (χ1v) is 22.6. The average Bonchev–Trinajstić information content (AvgIpc) is 3.76. The number of pyridine rings is 2. The van der Waals surface area contributed by atoms with E-state index in [9.17, 15) is 13.2 Å². The van der Waals surface area contributed by atoms with Gasteiger partial charge in [0.1, 0.15) is 0 Å². The highest BCUT2D eigenvalue weighted by Gasteiger charge is 2.28. The molecule has 0 aliphatic carbocycles. The van der Waals surface area contributed by atoms with Crippen LogP contribution in [0.4, 0.5) is 17.3 Å². The zero-order valence-electron chi connectivity index (χ0n) is 34.7. The lowest BCUT2D eigenvalue weighted by Gasteiger charge is -2.12. The fourth-order valence-corrected chi connectivity index (χ4v) is 8.85. The molecule has 5 heterocycles. The first-order valence-electron chi connectivity index (χ1n) is 20.4. The van der Waals surface area contributed by atoms with Crippen molar-refractivity contribution in [3.05, 3.63) is 185 Å². The molecule has 5 aromatic carbocycles. The Bertz CT molecular complexity index is 3650. The van der Waals surface area contributed by atoms with Crippen molar-refractivity contribution in [1.29, 1.82) is 0 Å². The Morgan fingerprint density at radius 3 is 2.38 bits per heavy atom. The van der Waals surface area contributed by atoms with Gasteiger partial charge < -0.3 is 5.32 Å². The second-order valence-corrected chi connectivity index (χ2v) is 17.7. The van der Waals surface area contributed by atoms with Gasteiger partial charge in [0.05, 0.1) is 33.5 Å². The Morgan fingerprint density at radius 2 is 1.58 bits per heavy atom. The third-order valence-electron chi connectivity index (χ3n) is 10.7. The third kappa shape index (κ3) is 8.53. The fraction of sp³-hybridized carbons (Fsp3) is 0.0408. The number of anilines is 2. The van der Waals surface area contributed by atoms with E-state index in [-0.39, 0.29) is 23.2 Å². The van der Waals surface area contributed by atoms with Gasteiger partial charge in [-0.1, -0.05) is 59.6 Å². The summed E-state index contributed by atoms with van der Waals surface area (Å²) in [6.45, 7) is 1.75. The first kappa shape index (κ1) is 42.0. The molecule has 0 spiro atoms. The van der Waals surface area contributed by atoms with Crippen molar-refractivity contribution in [2.75, 3.05) is 10.0 Å². The summed E-state index contributed by atoms with van der Waals surface area (Å²) in [6.07, 6.45) is 6.82. The monoisotopic (exact) mass is 926 g/mol. The molecule has 0 unspecified atom stereocenters. The second-order valence-electron chi connectivity index (χ2n) is 15.2. The lowest BCUT2D eigenvalue weighted by Crippen LogP contribution is -2.34. The van der Waals surface area contributed by atoms with Crippen molar-refractivity contribution >= 4 is 90.1 Å². The standard InChI is InChI=1S/C49H33Cl2N11O3S/c1-30-21-23-53-49(55-30)60-66(64,65)38-18-16-36(17-19-38)54-29-41-39-9-2-3-10-43(39)61(44-26-35(51)15-20-40(41)44)45-27-42(59-62-47(57-58-48(45)62)33-7-5-22-52-28-33)32-6-4-8-37(25-32)56-46(63)24-31-11-13-34(50)14-12-31/h2-23,25-29H,24H2,1H3,(H-,53,55,56,60,63)/p+1. The molecular weight excluding hydrogens is 894 g/mol. The van der Waals surface area contributed by atoms with Crippen LogP contribution in [0, 0.1) is 6.92 Å². The summed E-state index contributed by atoms with van der Waals surface area (Å²) in [5.74, 6) is 0.278. The van der Waals surface area contributed by atoms with Gasteiger partial charge in [-0.15, -0.1) is 14.8 Å². The van der Waals surface area contributed by atoms with Crippen LogP contribution in [0.3, 0.4) is 0 Å². The molecule has 10 rings (SSSR count). The van der Waals surface area contributed by atoms with Crippen molar-refractivity contribution in [3.8, 4) is 28.3 Å². The van der Waals surface area contributed by atoms with E-state index in [1.807, 2.05) is 97.1 Å². The molecule has 2 N–H and O–H groups in total. The largest absolute Gasteiger partial charge is 0.326 e. The van der Waals surface area contributed by atoms with Crippen molar-refractivity contribution in [2.45, 2.75) is 18.2 Å². The molecule has 0 radical (unpaired) electrons. The number of amides is 1. The quantitative estimate of drug-likeness (QED) is 0.0728. The third-order valence-corrected chi connectivity index (χ3v) is 12.5. The summed E-state index contributed by atoms with van der Waals surface area (Å²) in [6, 6.07) is 41.8. The van der Waals surface area contributed by atoms with Crippen molar-refractivity contribution < 1.29 is 17.8 Å². The number of nitrogens with one attached hydrogen (secondary N) is 2. The maximum Gasteiger partial charge on any atom is 0.264 e. The lowest BCUT2D eigenvalue weighted by molar-refractivity contribution is -0.536. The fourth-order valence-electron chi connectivity index (χ4n) is 7.61. The summed E-state index contributed by atoms with van der Waals surface area (Å²) in [5.41, 5.74) is 8.03. The zero-order valence-corrected chi connectivity index (χ0v) is 37.0. The van der Waals surface area contributed by atoms with E-state index in [0.29, 0.717) is 55.5 Å². The summed E-state index contributed by atoms with van der Waals surface area (Å²) >= 11 is 12.9. The smallest absolute Gasteiger partial charge is 0.264 e. The van der Waals surface area contributed by atoms with E-state index in [2.05, 4.69) is 34.7 Å². The molecule has 5 aromatic heterocycles. The minimum Gasteiger partial charge on any atom is -0.326 e. The average molecular weight is 928 g/mol. The number of rotatable bonds is 11. The molecule has 17 heteroatoms. The van der Waals surface area contributed by atoms with Gasteiger partial charge in [0.15, 0.2) is 5.82 Å². The topological polar surface area (TPSA) is 173 Å². The number of nitrogens with zero attached hydrogens (tertiary/aromatic N) is 9. The number of hydrogen-bond acceptors (Lipinski definition) is 10. The Morgan fingerprint density at radius 1 is 0.788 bits per heavy atom. The van der Waals surface area contributed by atoms with Crippen molar-refractivity contribution in [2.24, 2.45) is 4.99 Å². The van der Waals surface area contributed by atoms with Crippen LogP contribution in [-0.4, -0.2) is 55.3 Å². The van der Waals surface area contributed by atoms with Crippen LogP contribution in [-0.2, 0) is 21.2 Å². The number of aromatic nitrogens is 8. The number of para-hydroxylation sites is 1. The van der Waals surface area contributed by atoms with E-state index in [4.69, 9.17) is 38.4 Å². The van der Waals surface area contributed by atoms with E-state index in [1.165, 1.54) is 18.3 Å². The molecular formula is C49H34Cl2N11O3S+. The minimum atomic E-state index is -3.96. The summed E-state index contributed by atoms with van der Waals surface area (Å²) in [5, 5.41) is 20.2. The van der Waals surface area contributed by atoms with E-state index in [1.54, 1.807) is 60.4 Å². The van der Waals surface area contributed by atoms with Gasteiger partial charge in [-0.2, -0.15) is 9.61 Å². The van der Waals surface area contributed by atoms with Crippen LogP contribution in [0.1, 0.15) is 16.8 Å². The number of carbonyl (C=O) groups excluding carboxylic acids is 1. The van der Waals surface area contributed by atoms with Crippen LogP contribution in [0.5, 0.6) is 0 Å². The highest BCUT2D eigenvalue weighted by molar-refractivity contribution is 7.92. The SMILES string of the molecule is Cc1ccnc(NS(=O)(=O)c2ccc(N=Cc3c4ccccc4[n+](-c4cc(-c5cccc(NC(=O)Cc6ccc(Cl)cc6)c5)nn5c(-c6cccnc6)nnc45)c4cc(Cl)ccc34)cc2)n1. The minimum absolute atomic E-state index is 0.0137. The van der Waals surface area contributed by atoms with Crippen LogP contribution >= 0.6 is 23.2 Å². The van der Waals surface area contributed by atoms with Crippen LogP contribution in [0.15, 0.2) is 168 Å². The maximum absolute atomic E-state index is 13.2. The molecule has 0 bridgehead atoms. The highest BCUT2D eigenvalue weighted by Crippen LogP contribution is 2.32. The van der Waals surface area contributed by atoms with Crippen LogP contribution < -0.4 is 14.6 Å². The Hall–Kier alpha value is -7.98. The Kier molecular flexibility index (Phi) is 11.2. The molecule has 14 nitrogen and oxygen atoms in total. The Balaban J connectivity index is 1.08. The van der Waals surface area contributed by atoms with Gasteiger partial charge in [0.25, 0.3) is 21.4 Å². The molecule has 322 valence electrons. The zero-order chi connectivity index (χ0) is 45.4. The molecule has 0 aliphatic rings. The predicted molar refractivity (Wildman–Crippen MR) is 256 cm³/mol. The maximum atomic E-state index is 13.2. The molecule has 0 fully saturated rings. The van der Waals surface area contributed by atoms with Gasteiger partial charge in [-0.25, -0.2) is 23.1 Å². The summed E-state index contributed by atoms with van der Waals surface area (Å²) in [4.78, 5) is 30.6. The molecule has 0 aliphatic heterocycles. The number of halogens is 2. The molecule has 10 aromatic rings. The second kappa shape index (κ2) is 17.5. The van der Waals surface area contributed by atoms with E-state index < -0.39 is 10.0 Å². The van der Waals surface area contributed by atoms with Gasteiger partial charge in [0, 0.05) is 81.1 Å². The Labute approximate surface area is 387 Å². The molecule has 0 saturated carbocycles. The normalized spacial score (nSPS) is 11.7. The molecule has 0 saturated heterocycles. The number of carbonyl (C=O) groups is 1. The summed E-state index contributed by atoms with van der Waals surface area (Å²) in [7, 11) is -3.96. The highest BCUT2D eigenvalue weighted by atomic mass is 35.5. The molecule has 66 heavy (non-hydrogen) atoms. The number of benzene rings is 5. The number of aryl methyl sites for hydroxylation is 1. The lowest BCUT2D eigenvalue weighted by atomic mass is 10.0. The van der Waals surface area contributed by atoms with E-state index >= 15 is 0 Å². The van der Waals surface area contributed by atoms with Crippen molar-refractivity contribution in [1.82, 2.24) is 34.8 Å². The predicted octanol–water partition coefficient (Wildman–Crippen LogP) is 9.57. The number of sulfonamides is 1. The van der Waals surface area contributed by atoms with Crippen molar-refractivity contribution in [3.63, 3.8) is 0 Å². The number of hydrogen-bond donors (Lipinski definition) is 2. The molecule has 0 atom stereocenters. The van der Waals surface area contributed by atoms with E-state index in [0.717, 1.165) is 38.5 Å². The van der Waals surface area contributed by atoms with Crippen LogP contribution in [0.2, 0.25) is 10.0 Å². The summed E-state index contributed by atoms with van der Waals surface area (Å²) < 4.78 is 32.6. The van der Waals surface area contributed by atoms with Gasteiger partial charge in [-0.3, -0.25) is 14.8 Å². The van der Waals surface area contributed by atoms with Gasteiger partial charge in [-0.05, 0) is 97.4 Å². The number of fused-ring (bicyclic) bond motifs is 3.